The zero-order valence-corrected chi connectivity index (χ0v) is 17.6. The Morgan fingerprint density at radius 3 is 2.65 bits per heavy atom. The van der Waals surface area contributed by atoms with Crippen molar-refractivity contribution in [3.63, 3.8) is 0 Å². The molecule has 7 nitrogen and oxygen atoms in total. The van der Waals surface area contributed by atoms with E-state index in [0.717, 1.165) is 35.5 Å². The van der Waals surface area contributed by atoms with E-state index in [1.165, 1.54) is 12.1 Å². The number of nitro benzene ring substituents is 1. The number of carbonyl (C=O) groups is 1. The molecule has 3 aromatic carbocycles. The third-order valence-electron chi connectivity index (χ3n) is 5.12. The highest BCUT2D eigenvalue weighted by Crippen LogP contribution is 2.34. The van der Waals surface area contributed by atoms with E-state index in [1.54, 1.807) is 30.0 Å². The lowest BCUT2D eigenvalue weighted by atomic mass is 10.1. The molecular formula is C23H20ClN3O4. The third kappa shape index (κ3) is 4.62. The first-order valence-electron chi connectivity index (χ1n) is 9.76. The van der Waals surface area contributed by atoms with Gasteiger partial charge in [0.2, 0.25) is 11.7 Å². The first-order valence-corrected chi connectivity index (χ1v) is 10.1. The monoisotopic (exact) mass is 437 g/mol. The molecule has 1 heterocycles. The Balaban J connectivity index is 1.40. The summed E-state index contributed by atoms with van der Waals surface area (Å²) in [6.07, 6.45) is 0.854. The standard InChI is InChI=1S/C23H20ClN3O4/c1-15(28)26-11-10-17-12-19(5-8-21(17)26)25-14-16-2-6-20(7-3-16)31-23-9-4-18(24)13-22(23)27(29)30/h2-9,12-13,25H,10-11,14H2,1H3. The van der Waals surface area contributed by atoms with Crippen LogP contribution < -0.4 is 15.0 Å². The van der Waals surface area contributed by atoms with Crippen LogP contribution in [0.2, 0.25) is 5.02 Å². The lowest BCUT2D eigenvalue weighted by Crippen LogP contribution is -2.25. The Kier molecular flexibility index (Phi) is 5.77. The second-order valence-electron chi connectivity index (χ2n) is 7.23. The first kappa shape index (κ1) is 20.7. The smallest absolute Gasteiger partial charge is 0.313 e. The van der Waals surface area contributed by atoms with Crippen molar-refractivity contribution < 1.29 is 14.5 Å². The van der Waals surface area contributed by atoms with Crippen molar-refractivity contribution in [2.75, 3.05) is 16.8 Å². The summed E-state index contributed by atoms with van der Waals surface area (Å²) < 4.78 is 5.67. The average Bonchev–Trinajstić information content (AvgIpc) is 3.18. The van der Waals surface area contributed by atoms with Crippen molar-refractivity contribution in [3.8, 4) is 11.5 Å². The van der Waals surface area contributed by atoms with Gasteiger partial charge in [-0.05, 0) is 60.0 Å². The Bertz CT molecular complexity index is 1150. The molecule has 3 aromatic rings. The van der Waals surface area contributed by atoms with Gasteiger partial charge in [-0.25, -0.2) is 0 Å². The van der Waals surface area contributed by atoms with Crippen molar-refractivity contribution in [3.05, 3.63) is 86.9 Å². The molecule has 0 saturated heterocycles. The number of hydrogen-bond acceptors (Lipinski definition) is 5. The molecule has 0 aliphatic carbocycles. The highest BCUT2D eigenvalue weighted by atomic mass is 35.5. The van der Waals surface area contributed by atoms with Gasteiger partial charge in [0, 0.05) is 42.5 Å². The molecule has 158 valence electrons. The molecule has 1 aliphatic heterocycles. The number of rotatable bonds is 6. The van der Waals surface area contributed by atoms with Crippen LogP contribution in [0.15, 0.2) is 60.7 Å². The van der Waals surface area contributed by atoms with Gasteiger partial charge >= 0.3 is 5.69 Å². The first-order chi connectivity index (χ1) is 14.9. The summed E-state index contributed by atoms with van der Waals surface area (Å²) in [7, 11) is 0. The van der Waals surface area contributed by atoms with Crippen LogP contribution in [0.25, 0.3) is 0 Å². The van der Waals surface area contributed by atoms with Crippen molar-refractivity contribution in [1.82, 2.24) is 0 Å². The molecule has 1 N–H and O–H groups in total. The molecule has 0 bridgehead atoms. The molecule has 0 atom stereocenters. The lowest BCUT2D eigenvalue weighted by molar-refractivity contribution is -0.385. The van der Waals surface area contributed by atoms with Gasteiger partial charge in [-0.1, -0.05) is 23.7 Å². The molecule has 0 spiro atoms. The van der Waals surface area contributed by atoms with Crippen LogP contribution in [-0.2, 0) is 17.8 Å². The number of benzene rings is 3. The SMILES string of the molecule is CC(=O)N1CCc2cc(NCc3ccc(Oc4ccc(Cl)cc4[N+](=O)[O-])cc3)ccc21. The largest absolute Gasteiger partial charge is 0.450 e. The Morgan fingerprint density at radius 2 is 1.94 bits per heavy atom. The van der Waals surface area contributed by atoms with Gasteiger partial charge in [0.15, 0.2) is 0 Å². The van der Waals surface area contributed by atoms with Gasteiger partial charge in [-0.15, -0.1) is 0 Å². The molecule has 4 rings (SSSR count). The summed E-state index contributed by atoms with van der Waals surface area (Å²) in [6, 6.07) is 17.6. The number of ether oxygens (including phenoxy) is 1. The summed E-state index contributed by atoms with van der Waals surface area (Å²) in [6.45, 7) is 2.91. The topological polar surface area (TPSA) is 84.7 Å². The second-order valence-corrected chi connectivity index (χ2v) is 7.67. The molecule has 1 amide bonds. The van der Waals surface area contributed by atoms with Crippen molar-refractivity contribution in [2.24, 2.45) is 0 Å². The predicted octanol–water partition coefficient (Wildman–Crippen LogP) is 5.56. The lowest BCUT2D eigenvalue weighted by Gasteiger charge is -2.15. The van der Waals surface area contributed by atoms with E-state index >= 15 is 0 Å². The molecule has 1 aliphatic rings. The molecule has 0 fully saturated rings. The summed E-state index contributed by atoms with van der Waals surface area (Å²) >= 11 is 5.84. The molecule has 0 aromatic heterocycles. The van der Waals surface area contributed by atoms with Crippen LogP contribution in [0.5, 0.6) is 11.5 Å². The summed E-state index contributed by atoms with van der Waals surface area (Å²) in [5.41, 5.74) is 3.98. The van der Waals surface area contributed by atoms with E-state index in [9.17, 15) is 14.9 Å². The molecule has 0 radical (unpaired) electrons. The van der Waals surface area contributed by atoms with E-state index in [2.05, 4.69) is 11.4 Å². The van der Waals surface area contributed by atoms with Gasteiger partial charge in [-0.2, -0.15) is 0 Å². The number of nitrogens with zero attached hydrogens (tertiary/aromatic N) is 2. The minimum atomic E-state index is -0.522. The van der Waals surface area contributed by atoms with Gasteiger partial charge in [-0.3, -0.25) is 14.9 Å². The highest BCUT2D eigenvalue weighted by molar-refractivity contribution is 6.30. The van der Waals surface area contributed by atoms with Crippen LogP contribution in [-0.4, -0.2) is 17.4 Å². The highest BCUT2D eigenvalue weighted by Gasteiger charge is 2.22. The quantitative estimate of drug-likeness (QED) is 0.403. The van der Waals surface area contributed by atoms with Crippen LogP contribution in [0, 0.1) is 10.1 Å². The number of halogens is 1. The molecule has 0 unspecified atom stereocenters. The van der Waals surface area contributed by atoms with Crippen LogP contribution >= 0.6 is 11.6 Å². The number of carbonyl (C=O) groups excluding carboxylic acids is 1. The molecule has 8 heteroatoms. The second kappa shape index (κ2) is 8.65. The van der Waals surface area contributed by atoms with Gasteiger partial charge < -0.3 is 15.0 Å². The van der Waals surface area contributed by atoms with Crippen LogP contribution in [0.4, 0.5) is 17.1 Å². The summed E-state index contributed by atoms with van der Waals surface area (Å²) in [5.74, 6) is 0.694. The maximum atomic E-state index is 11.7. The fourth-order valence-electron chi connectivity index (χ4n) is 3.56. The van der Waals surface area contributed by atoms with Gasteiger partial charge in [0.25, 0.3) is 0 Å². The Hall–Kier alpha value is -3.58. The predicted molar refractivity (Wildman–Crippen MR) is 120 cm³/mol. The minimum Gasteiger partial charge on any atom is -0.450 e. The zero-order valence-electron chi connectivity index (χ0n) is 16.8. The van der Waals surface area contributed by atoms with E-state index in [-0.39, 0.29) is 22.4 Å². The molecule has 31 heavy (non-hydrogen) atoms. The fraction of sp³-hybridized carbons (Fsp3) is 0.174. The maximum absolute atomic E-state index is 11.7. The summed E-state index contributed by atoms with van der Waals surface area (Å²) in [5, 5.41) is 14.9. The van der Waals surface area contributed by atoms with E-state index in [1.807, 2.05) is 24.3 Å². The van der Waals surface area contributed by atoms with E-state index < -0.39 is 4.92 Å². The van der Waals surface area contributed by atoms with Crippen molar-refractivity contribution in [2.45, 2.75) is 19.9 Å². The number of nitrogens with one attached hydrogen (secondary N) is 1. The zero-order chi connectivity index (χ0) is 22.0. The number of hydrogen-bond donors (Lipinski definition) is 1. The van der Waals surface area contributed by atoms with E-state index in [0.29, 0.717) is 12.3 Å². The van der Waals surface area contributed by atoms with Crippen molar-refractivity contribution >= 4 is 34.6 Å². The minimum absolute atomic E-state index is 0.0608. The van der Waals surface area contributed by atoms with Crippen LogP contribution in [0.3, 0.4) is 0 Å². The number of nitro groups is 1. The van der Waals surface area contributed by atoms with Gasteiger partial charge in [0.1, 0.15) is 5.75 Å². The van der Waals surface area contributed by atoms with E-state index in [4.69, 9.17) is 16.3 Å². The number of amides is 1. The Labute approximate surface area is 184 Å². The third-order valence-corrected chi connectivity index (χ3v) is 5.36. The molecular weight excluding hydrogens is 418 g/mol. The average molecular weight is 438 g/mol. The van der Waals surface area contributed by atoms with Crippen molar-refractivity contribution in [1.29, 1.82) is 0 Å². The maximum Gasteiger partial charge on any atom is 0.313 e. The van der Waals surface area contributed by atoms with Crippen LogP contribution in [0.1, 0.15) is 18.1 Å². The fourth-order valence-corrected chi connectivity index (χ4v) is 3.73. The normalized spacial score (nSPS) is 12.4. The number of anilines is 2. The van der Waals surface area contributed by atoms with Gasteiger partial charge in [0.05, 0.1) is 4.92 Å². The summed E-state index contributed by atoms with van der Waals surface area (Å²) in [4.78, 5) is 24.1. The number of fused-ring (bicyclic) bond motifs is 1. The Morgan fingerprint density at radius 1 is 1.16 bits per heavy atom. The molecule has 0 saturated carbocycles.